The first-order chi connectivity index (χ1) is 40.2. The Labute approximate surface area is 503 Å². The molecule has 1 unspecified atom stereocenters. The third-order valence-electron chi connectivity index (χ3n) is 17.5. The van der Waals surface area contributed by atoms with Crippen LogP contribution in [0.25, 0.3) is 0 Å². The number of nitrogens with zero attached hydrogens (tertiary/aromatic N) is 4. The zero-order valence-corrected chi connectivity index (χ0v) is 53.3. The Morgan fingerprint density at radius 2 is 1.55 bits per heavy atom. The molecule has 0 radical (unpaired) electrons. The molecule has 0 bridgehead atoms. The number of hydrogen-bond acceptors (Lipinski definition) is 23. The van der Waals surface area contributed by atoms with Gasteiger partial charge in [-0.1, -0.05) is 53.6 Å². The first kappa shape index (κ1) is 69.9. The number of Topliss-reactive ketones (excluding diaryl/α,β-unsaturated/α-hetero) is 1. The average Bonchev–Trinajstić information content (AvgIpc) is 2.40. The van der Waals surface area contributed by atoms with Gasteiger partial charge >= 0.3 is 18.0 Å². The predicted molar refractivity (Wildman–Crippen MR) is 311 cm³/mol. The van der Waals surface area contributed by atoms with Crippen LogP contribution in [0.2, 0.25) is 0 Å². The number of methoxy groups -OCH3 is 2. The molecule has 3 N–H and O–H groups in total. The number of aliphatic hydroxyl groups is 2. The Morgan fingerprint density at radius 1 is 0.859 bits per heavy atom. The lowest BCUT2D eigenvalue weighted by Crippen LogP contribution is -2.59. The fourth-order valence-electron chi connectivity index (χ4n) is 12.7. The number of carbonyl (C=O) groups is 4. The van der Waals surface area contributed by atoms with Crippen molar-refractivity contribution in [3.63, 3.8) is 0 Å². The molecular weight excluding hydrogens is 1110 g/mol. The average molecular weight is 1210 g/mol. The van der Waals surface area contributed by atoms with E-state index in [4.69, 9.17) is 61.7 Å². The van der Waals surface area contributed by atoms with Gasteiger partial charge in [0, 0.05) is 89.7 Å². The van der Waals surface area contributed by atoms with Crippen LogP contribution in [-0.4, -0.2) is 215 Å². The molecule has 85 heavy (non-hydrogen) atoms. The van der Waals surface area contributed by atoms with E-state index in [0.29, 0.717) is 39.3 Å². The molecule has 1 aromatic heterocycles. The number of nitrogens with one attached hydrogen (secondary N) is 1. The standard InChI is InChI=1S/C61H101N5O19/c1-32(2)24-46(67)81-52-39(9)51(34(4)31-77-59-55(74-16)54(73-15)48(68)42(12)80-59)83-57(71)41(11)53(82-47-25-35(5)65(14)30-37(7)78-47)38(8)50(84-58-49(69)44(64-75-17)26-36(6)79-58)33(3)28-61(13,56(70)40(52)10)85-60(72)63-29-43-18-19-62-45(27-43)66-20-22-76-23-21-66/h18-19,27,32-42,47-55,58-59,68-69H,20-26,28-31H2,1-17H3,(H,63,72)/b64-44+/t33-,34-,35?,36+,37-,38+,39-,40+,41+,42+,47-,48+,49+,50-,51+,52+,53-,54+,55+,58-,59+,61-/m0/s1. The second kappa shape index (κ2) is 31.8. The molecule has 1 amide bonds. The number of aromatic nitrogens is 1. The summed E-state index contributed by atoms with van der Waals surface area (Å²) in [5.41, 5.74) is -0.982. The number of pyridine rings is 1. The molecule has 0 aliphatic carbocycles. The highest BCUT2D eigenvalue weighted by Crippen LogP contribution is 2.41. The number of cyclic esters (lactones) is 1. The molecule has 24 heteroatoms. The molecule has 5 fully saturated rings. The topological polar surface area (TPSA) is 272 Å². The molecule has 0 aromatic carbocycles. The Balaban J connectivity index is 1.49. The molecule has 484 valence electrons. The van der Waals surface area contributed by atoms with E-state index in [2.05, 4.69) is 32.2 Å². The summed E-state index contributed by atoms with van der Waals surface area (Å²) in [6.07, 6.45) is -12.1. The van der Waals surface area contributed by atoms with Crippen molar-refractivity contribution in [3.05, 3.63) is 23.9 Å². The van der Waals surface area contributed by atoms with Crippen molar-refractivity contribution < 1.29 is 91.1 Å². The lowest BCUT2D eigenvalue weighted by Gasteiger charge is -2.45. The molecule has 22 atom stereocenters. The number of oxime groups is 1. The summed E-state index contributed by atoms with van der Waals surface area (Å²) >= 11 is 0. The normalized spacial score (nSPS) is 38.6. The van der Waals surface area contributed by atoms with Crippen molar-refractivity contribution in [2.24, 2.45) is 46.6 Å². The summed E-state index contributed by atoms with van der Waals surface area (Å²) in [7, 11) is 6.31. The highest BCUT2D eigenvalue weighted by Gasteiger charge is 2.53. The van der Waals surface area contributed by atoms with E-state index in [9.17, 15) is 19.8 Å². The third kappa shape index (κ3) is 18.2. The van der Waals surface area contributed by atoms with Crippen LogP contribution in [0.15, 0.2) is 23.5 Å². The number of amides is 1. The summed E-state index contributed by atoms with van der Waals surface area (Å²) in [5, 5.41) is 29.9. The molecule has 1 aromatic rings. The minimum atomic E-state index is -1.99. The SMILES string of the molecule is CO/N=C1\C[C@@H](C)O[C@@H](O[C@@H]2[C@@H](C)[C@H](O[C@H]3CC(C)N(C)C[C@H](C)O3)[C@@H](C)C(=O)O[C@H]([C@@H](C)CO[C@@H]3O[C@H](C)[C@@H](O)[C@@H](OC)[C@H]3OC)[C@H](C)[C@@H](OC(=O)CC(C)C)[C@@H](C)C(=O)[C@@](C)(OC(=O)NCc3ccnc(N4CCOCC4)c3)C[C@@H]2C)[C@@H]1O. The van der Waals surface area contributed by atoms with Crippen molar-refractivity contribution >= 4 is 35.3 Å². The molecule has 6 rings (SSSR count). The van der Waals surface area contributed by atoms with E-state index in [-0.39, 0.29) is 56.2 Å². The largest absolute Gasteiger partial charge is 0.461 e. The van der Waals surface area contributed by atoms with Crippen LogP contribution >= 0.6 is 0 Å². The van der Waals surface area contributed by atoms with Gasteiger partial charge in [-0.25, -0.2) is 9.78 Å². The summed E-state index contributed by atoms with van der Waals surface area (Å²) in [6, 6.07) is 3.66. The smallest absolute Gasteiger partial charge is 0.408 e. The maximum absolute atomic E-state index is 16.0. The highest BCUT2D eigenvalue weighted by atomic mass is 16.7. The number of hydrogen-bond donors (Lipinski definition) is 3. The quantitative estimate of drug-likeness (QED) is 0.0938. The number of alkyl carbamates (subject to hydrolysis) is 1. The number of esters is 2. The number of morpholine rings is 1. The molecule has 0 saturated carbocycles. The summed E-state index contributed by atoms with van der Waals surface area (Å²) < 4.78 is 76.3. The number of ketones is 1. The van der Waals surface area contributed by atoms with Gasteiger partial charge in [-0.05, 0) is 84.5 Å². The minimum absolute atomic E-state index is 0.00141. The van der Waals surface area contributed by atoms with Crippen molar-refractivity contribution in [1.82, 2.24) is 15.2 Å². The number of carbonyl (C=O) groups excluding carboxylic acids is 4. The number of ether oxygens (including phenoxy) is 12. The zero-order valence-electron chi connectivity index (χ0n) is 53.3. The Kier molecular flexibility index (Phi) is 26.2. The number of likely N-dealkylation sites (N-methyl/N-ethyl adjacent to an activating group) is 1. The monoisotopic (exact) mass is 1210 g/mol. The van der Waals surface area contributed by atoms with E-state index < -0.39 is 145 Å². The van der Waals surface area contributed by atoms with Crippen molar-refractivity contribution in [2.45, 2.75) is 220 Å². The van der Waals surface area contributed by atoms with Gasteiger partial charge in [0.2, 0.25) is 0 Å². The fourth-order valence-corrected chi connectivity index (χ4v) is 12.7. The second-order valence-electron chi connectivity index (χ2n) is 25.1. The summed E-state index contributed by atoms with van der Waals surface area (Å²) in [6.45, 7) is 26.3. The van der Waals surface area contributed by atoms with Gasteiger partial charge in [0.1, 0.15) is 49.6 Å². The van der Waals surface area contributed by atoms with E-state index in [1.807, 2.05) is 54.7 Å². The van der Waals surface area contributed by atoms with E-state index in [1.165, 1.54) is 21.3 Å². The van der Waals surface area contributed by atoms with Crippen LogP contribution in [0.1, 0.15) is 121 Å². The van der Waals surface area contributed by atoms with Gasteiger partial charge < -0.3 is 87.0 Å². The first-order valence-corrected chi connectivity index (χ1v) is 30.5. The summed E-state index contributed by atoms with van der Waals surface area (Å²) in [5.74, 6) is -6.81. The molecule has 0 spiro atoms. The Hall–Kier alpha value is -4.18. The van der Waals surface area contributed by atoms with Gasteiger partial charge in [0.15, 0.2) is 30.3 Å². The van der Waals surface area contributed by atoms with Crippen LogP contribution in [0.4, 0.5) is 10.6 Å². The molecule has 5 aliphatic rings. The van der Waals surface area contributed by atoms with Crippen LogP contribution in [0.3, 0.4) is 0 Å². The second-order valence-corrected chi connectivity index (χ2v) is 25.1. The maximum Gasteiger partial charge on any atom is 0.408 e. The van der Waals surface area contributed by atoms with Gasteiger partial charge in [0.25, 0.3) is 0 Å². The van der Waals surface area contributed by atoms with Crippen LogP contribution in [-0.2, 0) is 82.6 Å². The Morgan fingerprint density at radius 3 is 2.21 bits per heavy atom. The van der Waals surface area contributed by atoms with E-state index in [1.54, 1.807) is 53.8 Å². The number of rotatable bonds is 18. The van der Waals surface area contributed by atoms with Gasteiger partial charge in [-0.2, -0.15) is 0 Å². The minimum Gasteiger partial charge on any atom is -0.461 e. The van der Waals surface area contributed by atoms with E-state index >= 15 is 9.59 Å². The predicted octanol–water partition coefficient (Wildman–Crippen LogP) is 5.44. The van der Waals surface area contributed by atoms with Gasteiger partial charge in [0.05, 0.1) is 67.9 Å². The van der Waals surface area contributed by atoms with Crippen LogP contribution < -0.4 is 10.2 Å². The number of aliphatic hydroxyl groups excluding tert-OH is 2. The summed E-state index contributed by atoms with van der Waals surface area (Å²) in [4.78, 5) is 74.1. The van der Waals surface area contributed by atoms with Crippen LogP contribution in [0.5, 0.6) is 0 Å². The molecule has 5 saturated heterocycles. The zero-order chi connectivity index (χ0) is 62.6. The molecule has 6 heterocycles. The van der Waals surface area contributed by atoms with Crippen molar-refractivity contribution in [1.29, 1.82) is 0 Å². The van der Waals surface area contributed by atoms with Crippen LogP contribution in [0, 0.1) is 41.4 Å². The Bertz CT molecular complexity index is 2330. The molecule has 24 nitrogen and oxygen atoms in total. The molecular formula is C61H101N5O19. The van der Waals surface area contributed by atoms with Crippen molar-refractivity contribution in [3.8, 4) is 0 Å². The highest BCUT2D eigenvalue weighted by molar-refractivity contribution is 5.91. The van der Waals surface area contributed by atoms with Gasteiger partial charge in [-0.3, -0.25) is 14.4 Å². The lowest BCUT2D eigenvalue weighted by atomic mass is 9.74. The maximum atomic E-state index is 16.0. The fraction of sp³-hybridized carbons (Fsp3) is 0.836. The third-order valence-corrected chi connectivity index (χ3v) is 17.5. The van der Waals surface area contributed by atoms with Crippen molar-refractivity contribution in [2.75, 3.05) is 72.7 Å². The lowest BCUT2D eigenvalue weighted by molar-refractivity contribution is -0.305. The van der Waals surface area contributed by atoms with E-state index in [0.717, 1.165) is 11.4 Å². The first-order valence-electron chi connectivity index (χ1n) is 30.5. The van der Waals surface area contributed by atoms with Gasteiger partial charge in [-0.15, -0.1) is 0 Å². The molecule has 5 aliphatic heterocycles. The number of anilines is 1.